The van der Waals surface area contributed by atoms with Gasteiger partial charge in [0.1, 0.15) is 0 Å². The molecule has 1 saturated heterocycles. The topological polar surface area (TPSA) is 87.5 Å². The lowest BCUT2D eigenvalue weighted by Gasteiger charge is -2.19. The van der Waals surface area contributed by atoms with Gasteiger partial charge in [-0.15, -0.1) is 24.8 Å². The van der Waals surface area contributed by atoms with Crippen LogP contribution in [0.1, 0.15) is 45.4 Å². The zero-order valence-electron chi connectivity index (χ0n) is 16.4. The molecule has 2 aliphatic rings. The van der Waals surface area contributed by atoms with E-state index >= 15 is 0 Å². The van der Waals surface area contributed by atoms with Crippen molar-refractivity contribution < 1.29 is 9.59 Å². The second kappa shape index (κ2) is 11.5. The Morgan fingerprint density at radius 1 is 1.21 bits per heavy atom. The number of anilines is 2. The van der Waals surface area contributed by atoms with Crippen LogP contribution < -0.4 is 21.3 Å². The van der Waals surface area contributed by atoms with E-state index in [1.165, 1.54) is 12.8 Å². The number of nitrogens with zero attached hydrogens (tertiary/aromatic N) is 1. The fraction of sp³-hybridized carbons (Fsp3) is 0.600. The highest BCUT2D eigenvalue weighted by Gasteiger charge is 2.28. The van der Waals surface area contributed by atoms with Crippen LogP contribution in [0.5, 0.6) is 0 Å². The smallest absolute Gasteiger partial charge is 0.226 e. The van der Waals surface area contributed by atoms with Crippen LogP contribution >= 0.6 is 24.8 Å². The summed E-state index contributed by atoms with van der Waals surface area (Å²) in [7, 11) is 0. The summed E-state index contributed by atoms with van der Waals surface area (Å²) < 4.78 is 0. The van der Waals surface area contributed by atoms with Crippen LogP contribution in [0.2, 0.25) is 0 Å². The molecule has 3 unspecified atom stereocenters. The van der Waals surface area contributed by atoms with Crippen molar-refractivity contribution in [1.29, 1.82) is 0 Å². The minimum atomic E-state index is -0.193. The Balaban J connectivity index is 0.00000196. The van der Waals surface area contributed by atoms with Crippen LogP contribution in [0, 0.1) is 5.92 Å². The molecule has 3 rings (SSSR count). The summed E-state index contributed by atoms with van der Waals surface area (Å²) in [6.45, 7) is 4.02. The summed E-state index contributed by atoms with van der Waals surface area (Å²) in [5, 5.41) is 5.90. The first-order valence-corrected chi connectivity index (χ1v) is 9.72. The average molecular weight is 431 g/mol. The SMILES string of the molecule is CC(CC(=O)Nc1cccc(N2CCCC2)c1)NC(=O)C1CCC(N)C1.Cl.Cl. The van der Waals surface area contributed by atoms with Crippen molar-refractivity contribution in [3.05, 3.63) is 24.3 Å². The van der Waals surface area contributed by atoms with Crippen molar-refractivity contribution >= 4 is 48.0 Å². The molecule has 0 bridgehead atoms. The molecule has 28 heavy (non-hydrogen) atoms. The van der Waals surface area contributed by atoms with Crippen LogP contribution in [0.25, 0.3) is 0 Å². The van der Waals surface area contributed by atoms with Gasteiger partial charge in [0.25, 0.3) is 0 Å². The maximum absolute atomic E-state index is 12.3. The second-order valence-corrected chi connectivity index (χ2v) is 7.68. The lowest BCUT2D eigenvalue weighted by Crippen LogP contribution is -2.39. The predicted octanol–water partition coefficient (Wildman–Crippen LogP) is 3.09. The van der Waals surface area contributed by atoms with Gasteiger partial charge in [-0.1, -0.05) is 6.07 Å². The molecule has 3 atom stereocenters. The molecule has 1 aliphatic heterocycles. The summed E-state index contributed by atoms with van der Waals surface area (Å²) in [6.07, 6.45) is 5.20. The van der Waals surface area contributed by atoms with E-state index in [9.17, 15) is 9.59 Å². The summed E-state index contributed by atoms with van der Waals surface area (Å²) >= 11 is 0. The Hall–Kier alpha value is -1.50. The number of amides is 2. The highest BCUT2D eigenvalue weighted by Crippen LogP contribution is 2.25. The number of carbonyl (C=O) groups is 2. The highest BCUT2D eigenvalue weighted by atomic mass is 35.5. The number of halogens is 2. The Morgan fingerprint density at radius 3 is 2.57 bits per heavy atom. The number of hydrogen-bond acceptors (Lipinski definition) is 4. The molecular weight excluding hydrogens is 399 g/mol. The third-order valence-electron chi connectivity index (χ3n) is 5.33. The lowest BCUT2D eigenvalue weighted by molar-refractivity contribution is -0.125. The van der Waals surface area contributed by atoms with E-state index in [0.29, 0.717) is 0 Å². The quantitative estimate of drug-likeness (QED) is 0.646. The molecule has 158 valence electrons. The number of rotatable bonds is 6. The van der Waals surface area contributed by atoms with Crippen LogP contribution in [0.3, 0.4) is 0 Å². The number of carbonyl (C=O) groups excluding carboxylic acids is 2. The predicted molar refractivity (Wildman–Crippen MR) is 119 cm³/mol. The maximum Gasteiger partial charge on any atom is 0.226 e. The molecule has 2 fully saturated rings. The van der Waals surface area contributed by atoms with Gasteiger partial charge in [-0.25, -0.2) is 0 Å². The van der Waals surface area contributed by atoms with Crippen LogP contribution in [0.4, 0.5) is 11.4 Å². The van der Waals surface area contributed by atoms with Crippen molar-refractivity contribution in [2.45, 2.75) is 57.5 Å². The van der Waals surface area contributed by atoms with Gasteiger partial charge in [-0.3, -0.25) is 9.59 Å². The fourth-order valence-electron chi connectivity index (χ4n) is 3.91. The zero-order valence-corrected chi connectivity index (χ0v) is 18.0. The molecule has 1 aromatic rings. The van der Waals surface area contributed by atoms with Crippen molar-refractivity contribution in [2.24, 2.45) is 11.7 Å². The molecule has 0 aromatic heterocycles. The van der Waals surface area contributed by atoms with Gasteiger partial charge < -0.3 is 21.3 Å². The molecule has 0 radical (unpaired) electrons. The van der Waals surface area contributed by atoms with Gasteiger partial charge in [0.2, 0.25) is 11.8 Å². The molecule has 1 saturated carbocycles. The van der Waals surface area contributed by atoms with Crippen molar-refractivity contribution in [1.82, 2.24) is 5.32 Å². The van der Waals surface area contributed by atoms with Crippen LogP contribution in [0.15, 0.2) is 24.3 Å². The summed E-state index contributed by atoms with van der Waals surface area (Å²) in [4.78, 5) is 26.9. The van der Waals surface area contributed by atoms with E-state index in [1.54, 1.807) is 0 Å². The van der Waals surface area contributed by atoms with E-state index in [4.69, 9.17) is 5.73 Å². The summed E-state index contributed by atoms with van der Waals surface area (Å²) in [5.41, 5.74) is 7.83. The minimum absolute atomic E-state index is 0. The summed E-state index contributed by atoms with van der Waals surface area (Å²) in [5.74, 6) is -0.0681. The second-order valence-electron chi connectivity index (χ2n) is 7.68. The van der Waals surface area contributed by atoms with Gasteiger partial charge in [0.15, 0.2) is 0 Å². The molecule has 4 N–H and O–H groups in total. The molecule has 6 nitrogen and oxygen atoms in total. The van der Waals surface area contributed by atoms with Crippen LogP contribution in [-0.2, 0) is 9.59 Å². The standard InChI is InChI=1S/C20H30N4O2.2ClH/c1-14(22-20(26)15-7-8-16(21)12-15)11-19(25)23-17-5-4-6-18(13-17)24-9-2-3-10-24;;/h4-6,13-16H,2-3,7-12,21H2,1H3,(H,22,26)(H,23,25);2*1H. The Kier molecular flexibility index (Phi) is 10.1. The Labute approximate surface area is 179 Å². The number of nitrogens with two attached hydrogens (primary N) is 1. The third kappa shape index (κ3) is 6.83. The first-order chi connectivity index (χ1) is 12.5. The Bertz CT molecular complexity index is 653. The third-order valence-corrected chi connectivity index (χ3v) is 5.33. The molecule has 0 spiro atoms. The Morgan fingerprint density at radius 2 is 1.93 bits per heavy atom. The van der Waals surface area contributed by atoms with Gasteiger partial charge in [-0.2, -0.15) is 0 Å². The van der Waals surface area contributed by atoms with E-state index in [2.05, 4.69) is 21.6 Å². The van der Waals surface area contributed by atoms with Gasteiger partial charge in [-0.05, 0) is 57.2 Å². The van der Waals surface area contributed by atoms with E-state index < -0.39 is 0 Å². The van der Waals surface area contributed by atoms with Crippen molar-refractivity contribution in [3.63, 3.8) is 0 Å². The molecule has 2 amide bonds. The monoisotopic (exact) mass is 430 g/mol. The molecule has 1 aliphatic carbocycles. The number of benzene rings is 1. The minimum Gasteiger partial charge on any atom is -0.371 e. The van der Waals surface area contributed by atoms with Crippen LogP contribution in [-0.4, -0.2) is 37.0 Å². The largest absolute Gasteiger partial charge is 0.371 e. The maximum atomic E-state index is 12.3. The molecule has 1 heterocycles. The fourth-order valence-corrected chi connectivity index (χ4v) is 3.91. The van der Waals surface area contributed by atoms with Crippen molar-refractivity contribution in [3.8, 4) is 0 Å². The molecule has 8 heteroatoms. The average Bonchev–Trinajstić information content (AvgIpc) is 3.26. The lowest BCUT2D eigenvalue weighted by atomic mass is 10.1. The zero-order chi connectivity index (χ0) is 18.5. The summed E-state index contributed by atoms with van der Waals surface area (Å²) in [6, 6.07) is 7.91. The van der Waals surface area contributed by atoms with E-state index in [0.717, 1.165) is 43.7 Å². The molecule has 1 aromatic carbocycles. The number of hydrogen-bond donors (Lipinski definition) is 3. The molecular formula is C20H32Cl2N4O2. The van der Waals surface area contributed by atoms with E-state index in [1.807, 2.05) is 25.1 Å². The normalized spacial score (nSPS) is 22.0. The van der Waals surface area contributed by atoms with Gasteiger partial charge in [0, 0.05) is 48.9 Å². The van der Waals surface area contributed by atoms with Gasteiger partial charge >= 0.3 is 0 Å². The van der Waals surface area contributed by atoms with E-state index in [-0.39, 0.29) is 61.1 Å². The first-order valence-electron chi connectivity index (χ1n) is 9.72. The van der Waals surface area contributed by atoms with Gasteiger partial charge in [0.05, 0.1) is 0 Å². The first kappa shape index (κ1) is 24.5. The van der Waals surface area contributed by atoms with Crippen molar-refractivity contribution in [2.75, 3.05) is 23.3 Å². The highest BCUT2D eigenvalue weighted by molar-refractivity contribution is 5.92. The number of nitrogens with one attached hydrogen (secondary N) is 2.